The van der Waals surface area contributed by atoms with Crippen LogP contribution in [0.5, 0.6) is 0 Å². The first-order valence-corrected chi connectivity index (χ1v) is 15.9. The van der Waals surface area contributed by atoms with E-state index in [2.05, 4.69) is 29.6 Å². The molecule has 0 spiro atoms. The van der Waals surface area contributed by atoms with Gasteiger partial charge in [-0.15, -0.1) is 0 Å². The molecular formula is C37H35NO5S. The fourth-order valence-electron chi connectivity index (χ4n) is 6.19. The number of rotatable bonds is 8. The lowest BCUT2D eigenvalue weighted by Crippen LogP contribution is -2.45. The van der Waals surface area contributed by atoms with Crippen LogP contribution >= 0.6 is 11.8 Å². The summed E-state index contributed by atoms with van der Waals surface area (Å²) in [4.78, 5) is 39.5. The molecule has 0 heterocycles. The van der Waals surface area contributed by atoms with E-state index in [1.54, 1.807) is 0 Å². The lowest BCUT2D eigenvalue weighted by atomic mass is 9.93. The number of carbonyl (C=O) groups is 3. The second-order valence-corrected chi connectivity index (χ2v) is 14.0. The van der Waals surface area contributed by atoms with Gasteiger partial charge in [0, 0.05) is 28.8 Å². The number of hydrogen-bond acceptors (Lipinski definition) is 6. The van der Waals surface area contributed by atoms with Crippen molar-refractivity contribution >= 4 is 29.8 Å². The molecule has 1 atom stereocenters. The van der Waals surface area contributed by atoms with Crippen molar-refractivity contribution in [2.75, 3.05) is 12.4 Å². The van der Waals surface area contributed by atoms with Crippen molar-refractivity contribution in [1.29, 1.82) is 0 Å². The van der Waals surface area contributed by atoms with Gasteiger partial charge in [0.1, 0.15) is 12.6 Å². The normalized spacial score (nSPS) is 14.2. The Morgan fingerprint density at radius 2 is 1.14 bits per heavy atom. The molecule has 44 heavy (non-hydrogen) atoms. The summed E-state index contributed by atoms with van der Waals surface area (Å²) in [6, 6.07) is 31.2. The minimum absolute atomic E-state index is 0.0361. The third-order valence-electron chi connectivity index (χ3n) is 8.17. The molecule has 6 rings (SSSR count). The van der Waals surface area contributed by atoms with Crippen LogP contribution in [-0.2, 0) is 19.1 Å². The molecule has 7 heteroatoms. The van der Waals surface area contributed by atoms with Crippen LogP contribution in [0.25, 0.3) is 22.3 Å². The van der Waals surface area contributed by atoms with Crippen molar-refractivity contribution < 1.29 is 23.9 Å². The number of amides is 1. The zero-order valence-corrected chi connectivity index (χ0v) is 25.9. The van der Waals surface area contributed by atoms with Crippen LogP contribution in [0, 0.1) is 0 Å². The SMILES string of the molecule is CC(C)(C)SC[C@H](NC(=O)CC1c2ccccc2-c2ccccc21)C(=O)OC(=O)OCC1c2ccccc2-c2ccccc21. The number of hydrogen-bond donors (Lipinski definition) is 1. The molecule has 0 saturated heterocycles. The van der Waals surface area contributed by atoms with Crippen LogP contribution in [0.4, 0.5) is 4.79 Å². The number of benzene rings is 4. The van der Waals surface area contributed by atoms with Crippen LogP contribution in [0.15, 0.2) is 97.1 Å². The number of ether oxygens (including phenoxy) is 2. The van der Waals surface area contributed by atoms with E-state index in [4.69, 9.17) is 9.47 Å². The van der Waals surface area contributed by atoms with Crippen molar-refractivity contribution in [1.82, 2.24) is 5.32 Å². The van der Waals surface area contributed by atoms with Gasteiger partial charge < -0.3 is 14.8 Å². The Kier molecular flexibility index (Phi) is 8.32. The van der Waals surface area contributed by atoms with Crippen LogP contribution in [0.2, 0.25) is 0 Å². The predicted octanol–water partition coefficient (Wildman–Crippen LogP) is 7.70. The zero-order valence-electron chi connectivity index (χ0n) is 25.0. The van der Waals surface area contributed by atoms with Crippen molar-refractivity contribution in [3.8, 4) is 22.3 Å². The Morgan fingerprint density at radius 1 is 0.705 bits per heavy atom. The summed E-state index contributed by atoms with van der Waals surface area (Å²) in [6.07, 6.45) is -0.904. The highest BCUT2D eigenvalue weighted by Crippen LogP contribution is 2.46. The Hall–Kier alpha value is -4.36. The molecular weight excluding hydrogens is 570 g/mol. The van der Waals surface area contributed by atoms with E-state index >= 15 is 0 Å². The van der Waals surface area contributed by atoms with Gasteiger partial charge in [-0.1, -0.05) is 118 Å². The molecule has 4 aromatic rings. The van der Waals surface area contributed by atoms with E-state index in [-0.39, 0.29) is 41.3 Å². The van der Waals surface area contributed by atoms with Crippen LogP contribution in [0.1, 0.15) is 61.3 Å². The van der Waals surface area contributed by atoms with Gasteiger partial charge in [0.25, 0.3) is 0 Å². The first-order valence-electron chi connectivity index (χ1n) is 14.9. The number of thioether (sulfide) groups is 1. The Balaban J connectivity index is 1.12. The van der Waals surface area contributed by atoms with Crippen molar-refractivity contribution in [3.63, 3.8) is 0 Å². The lowest BCUT2D eigenvalue weighted by Gasteiger charge is -2.23. The summed E-state index contributed by atoms with van der Waals surface area (Å²) in [7, 11) is 0. The summed E-state index contributed by atoms with van der Waals surface area (Å²) in [5.74, 6) is -1.15. The summed E-state index contributed by atoms with van der Waals surface area (Å²) < 4.78 is 10.5. The molecule has 0 radical (unpaired) electrons. The average Bonchev–Trinajstić information content (AvgIpc) is 3.50. The first kappa shape index (κ1) is 29.7. The first-order chi connectivity index (χ1) is 21.2. The fraction of sp³-hybridized carbons (Fsp3) is 0.270. The number of esters is 1. The largest absolute Gasteiger partial charge is 0.516 e. The third-order valence-corrected chi connectivity index (χ3v) is 9.54. The molecule has 2 aliphatic rings. The van der Waals surface area contributed by atoms with Crippen LogP contribution in [-0.4, -0.2) is 41.2 Å². The second-order valence-electron chi connectivity index (χ2n) is 12.2. The van der Waals surface area contributed by atoms with Crippen molar-refractivity contribution in [2.45, 2.75) is 49.8 Å². The van der Waals surface area contributed by atoms with Gasteiger partial charge in [-0.3, -0.25) is 4.79 Å². The quantitative estimate of drug-likeness (QED) is 0.164. The monoisotopic (exact) mass is 605 g/mol. The van der Waals surface area contributed by atoms with E-state index in [1.807, 2.05) is 93.6 Å². The molecule has 1 N–H and O–H groups in total. The summed E-state index contributed by atoms with van der Waals surface area (Å²) in [6.45, 7) is 6.12. The molecule has 0 aromatic heterocycles. The Bertz CT molecular complexity index is 1630. The molecule has 0 bridgehead atoms. The van der Waals surface area contributed by atoms with Crippen LogP contribution in [0.3, 0.4) is 0 Å². The standard InChI is InChI=1S/C37H35NO5S/c1-37(2,3)44-22-33(38-34(39)20-31-27-16-8-4-12-23(27)24-13-5-9-17-28(24)31)35(40)43-36(41)42-21-32-29-18-10-6-14-25(29)26-15-7-11-19-30(26)32/h4-19,31-33H,20-22H2,1-3H3,(H,38,39)/t33-/m0/s1. The highest BCUT2D eigenvalue weighted by atomic mass is 32.2. The lowest BCUT2D eigenvalue weighted by molar-refractivity contribution is -0.143. The topological polar surface area (TPSA) is 81.7 Å². The Labute approximate surface area is 262 Å². The molecule has 0 unspecified atom stereocenters. The molecule has 224 valence electrons. The van der Waals surface area contributed by atoms with Gasteiger partial charge >= 0.3 is 12.1 Å². The van der Waals surface area contributed by atoms with E-state index in [9.17, 15) is 14.4 Å². The maximum Gasteiger partial charge on any atom is 0.516 e. The highest BCUT2D eigenvalue weighted by molar-refractivity contribution is 8.00. The smallest absolute Gasteiger partial charge is 0.433 e. The van der Waals surface area contributed by atoms with Crippen LogP contribution < -0.4 is 5.32 Å². The molecule has 0 aliphatic heterocycles. The molecule has 0 saturated carbocycles. The van der Waals surface area contributed by atoms with E-state index in [0.717, 1.165) is 44.5 Å². The maximum atomic E-state index is 13.4. The van der Waals surface area contributed by atoms with Crippen molar-refractivity contribution in [3.05, 3.63) is 119 Å². The van der Waals surface area contributed by atoms with E-state index in [1.165, 1.54) is 11.8 Å². The summed E-state index contributed by atoms with van der Waals surface area (Å²) in [5, 5.41) is 2.86. The molecule has 2 aliphatic carbocycles. The molecule has 1 amide bonds. The average molecular weight is 606 g/mol. The zero-order chi connectivity index (χ0) is 30.8. The predicted molar refractivity (Wildman–Crippen MR) is 174 cm³/mol. The molecule has 0 fully saturated rings. The summed E-state index contributed by atoms with van der Waals surface area (Å²) in [5.41, 5.74) is 8.76. The van der Waals surface area contributed by atoms with Gasteiger partial charge in [0.15, 0.2) is 0 Å². The van der Waals surface area contributed by atoms with Gasteiger partial charge in [0.2, 0.25) is 5.91 Å². The van der Waals surface area contributed by atoms with E-state index in [0.29, 0.717) is 0 Å². The van der Waals surface area contributed by atoms with Gasteiger partial charge in [0.05, 0.1) is 0 Å². The number of nitrogens with one attached hydrogen (secondary N) is 1. The Morgan fingerprint density at radius 3 is 1.59 bits per heavy atom. The van der Waals surface area contributed by atoms with Gasteiger partial charge in [-0.25, -0.2) is 9.59 Å². The molecule has 6 nitrogen and oxygen atoms in total. The fourth-order valence-corrected chi connectivity index (χ4v) is 7.08. The van der Waals surface area contributed by atoms with Gasteiger partial charge in [-0.2, -0.15) is 11.8 Å². The number of carbonyl (C=O) groups excluding carboxylic acids is 3. The maximum absolute atomic E-state index is 13.4. The third kappa shape index (κ3) is 6.15. The second kappa shape index (κ2) is 12.3. The van der Waals surface area contributed by atoms with Gasteiger partial charge in [-0.05, 0) is 44.5 Å². The molecule has 4 aromatic carbocycles. The minimum atomic E-state index is -1.07. The van der Waals surface area contributed by atoms with Crippen molar-refractivity contribution in [2.24, 2.45) is 0 Å². The number of fused-ring (bicyclic) bond motifs is 6. The minimum Gasteiger partial charge on any atom is -0.433 e. The summed E-state index contributed by atoms with van der Waals surface area (Å²) >= 11 is 1.51. The van der Waals surface area contributed by atoms with E-state index < -0.39 is 18.2 Å². The highest BCUT2D eigenvalue weighted by Gasteiger charge is 2.34.